The van der Waals surface area contributed by atoms with Crippen LogP contribution in [0.1, 0.15) is 41.0 Å². The molecule has 9 heteroatoms. The molecule has 2 aliphatic heterocycles. The number of hydrogen-bond donors (Lipinski definition) is 2. The maximum Gasteiger partial charge on any atom is 0.256 e. The Kier molecular flexibility index (Phi) is 6.26. The number of rotatable bonds is 5. The van der Waals surface area contributed by atoms with Crippen LogP contribution in [0.4, 0.5) is 15.9 Å². The Balaban J connectivity index is 1.27. The van der Waals surface area contributed by atoms with Gasteiger partial charge in [-0.3, -0.25) is 14.7 Å². The van der Waals surface area contributed by atoms with E-state index in [1.165, 1.54) is 12.1 Å². The number of carbonyl (C=O) groups is 2. The molecule has 2 aromatic carbocycles. The van der Waals surface area contributed by atoms with Gasteiger partial charge in [-0.25, -0.2) is 4.39 Å². The van der Waals surface area contributed by atoms with Crippen molar-refractivity contribution in [3.8, 4) is 0 Å². The molecule has 188 valence electrons. The van der Waals surface area contributed by atoms with Crippen LogP contribution in [0.3, 0.4) is 0 Å². The van der Waals surface area contributed by atoms with Gasteiger partial charge in [0.1, 0.15) is 5.82 Å². The third kappa shape index (κ3) is 4.58. The van der Waals surface area contributed by atoms with Gasteiger partial charge in [0, 0.05) is 43.0 Å². The van der Waals surface area contributed by atoms with Crippen molar-refractivity contribution < 1.29 is 14.0 Å². The van der Waals surface area contributed by atoms with E-state index in [-0.39, 0.29) is 24.1 Å². The Bertz CT molecular complexity index is 1280. The molecule has 1 saturated heterocycles. The lowest BCUT2D eigenvalue weighted by Crippen LogP contribution is -2.44. The Morgan fingerprint density at radius 1 is 1.08 bits per heavy atom. The maximum absolute atomic E-state index is 13.6. The molecule has 1 aromatic heterocycles. The number of anilines is 2. The van der Waals surface area contributed by atoms with Crippen molar-refractivity contribution in [3.05, 3.63) is 76.7 Å². The number of carbonyl (C=O) groups excluding carboxylic acids is 2. The van der Waals surface area contributed by atoms with Crippen molar-refractivity contribution in [2.75, 3.05) is 43.4 Å². The molecule has 0 spiro atoms. The summed E-state index contributed by atoms with van der Waals surface area (Å²) in [6.45, 7) is 8.14. The topological polar surface area (TPSA) is 84.6 Å². The predicted octanol–water partition coefficient (Wildman–Crippen LogP) is 3.37. The van der Waals surface area contributed by atoms with Gasteiger partial charge in [-0.2, -0.15) is 5.10 Å². The van der Waals surface area contributed by atoms with Gasteiger partial charge < -0.3 is 20.0 Å². The van der Waals surface area contributed by atoms with E-state index in [0.29, 0.717) is 23.5 Å². The highest BCUT2D eigenvalue weighted by Gasteiger charge is 2.43. The molecule has 36 heavy (non-hydrogen) atoms. The van der Waals surface area contributed by atoms with Crippen LogP contribution >= 0.6 is 0 Å². The molecule has 2 aliphatic rings. The number of aromatic nitrogens is 2. The number of fused-ring (bicyclic) bond motifs is 1. The van der Waals surface area contributed by atoms with Crippen molar-refractivity contribution in [1.29, 1.82) is 0 Å². The standard InChI is InChI=1S/C27H31FN6O2/c1-27(2)24-22(17-34(27)23(35)16-18-5-4-6-20(28)15-18)25(31-30-24)29-26(36)19-7-9-21(10-8-19)33-13-11-32(3)12-14-33/h4-10,15H,11-14,16-17H2,1-3H3,(H2,29,30,31,36). The second-order valence-corrected chi connectivity index (χ2v) is 10.1. The van der Waals surface area contributed by atoms with E-state index in [0.717, 1.165) is 43.1 Å². The lowest BCUT2D eigenvalue weighted by Gasteiger charge is -2.34. The highest BCUT2D eigenvalue weighted by Crippen LogP contribution is 2.41. The summed E-state index contributed by atoms with van der Waals surface area (Å²) >= 11 is 0. The number of nitrogens with zero attached hydrogens (tertiary/aromatic N) is 4. The first-order chi connectivity index (χ1) is 17.2. The highest BCUT2D eigenvalue weighted by atomic mass is 19.1. The Morgan fingerprint density at radius 3 is 2.50 bits per heavy atom. The summed E-state index contributed by atoms with van der Waals surface area (Å²) < 4.78 is 13.6. The normalized spacial score (nSPS) is 17.2. The van der Waals surface area contributed by atoms with E-state index in [9.17, 15) is 14.0 Å². The Hall–Kier alpha value is -3.72. The lowest BCUT2D eigenvalue weighted by molar-refractivity contribution is -0.135. The molecule has 0 radical (unpaired) electrons. The molecule has 8 nitrogen and oxygen atoms in total. The zero-order chi connectivity index (χ0) is 25.4. The fraction of sp³-hybridized carbons (Fsp3) is 0.370. The van der Waals surface area contributed by atoms with E-state index < -0.39 is 5.54 Å². The number of hydrogen-bond acceptors (Lipinski definition) is 5. The van der Waals surface area contributed by atoms with Crippen LogP contribution < -0.4 is 10.2 Å². The zero-order valence-electron chi connectivity index (χ0n) is 20.8. The number of halogens is 1. The van der Waals surface area contributed by atoms with Crippen LogP contribution in [-0.4, -0.2) is 65.0 Å². The van der Waals surface area contributed by atoms with Crippen molar-refractivity contribution in [1.82, 2.24) is 20.0 Å². The third-order valence-corrected chi connectivity index (χ3v) is 7.25. The van der Waals surface area contributed by atoms with Crippen LogP contribution in [-0.2, 0) is 23.3 Å². The number of H-pyrrole nitrogens is 1. The molecule has 0 unspecified atom stereocenters. The first-order valence-electron chi connectivity index (χ1n) is 12.2. The van der Waals surface area contributed by atoms with E-state index in [1.807, 2.05) is 38.1 Å². The van der Waals surface area contributed by atoms with E-state index in [4.69, 9.17) is 0 Å². The molecule has 2 N–H and O–H groups in total. The molecule has 0 aliphatic carbocycles. The van der Waals surface area contributed by atoms with Gasteiger partial charge in [0.25, 0.3) is 5.91 Å². The largest absolute Gasteiger partial charge is 0.369 e. The van der Waals surface area contributed by atoms with Crippen molar-refractivity contribution in [2.45, 2.75) is 32.4 Å². The summed E-state index contributed by atoms with van der Waals surface area (Å²) in [7, 11) is 2.12. The Labute approximate surface area is 210 Å². The first kappa shape index (κ1) is 24.0. The molecule has 0 saturated carbocycles. The summed E-state index contributed by atoms with van der Waals surface area (Å²) in [6.07, 6.45) is 0.0975. The van der Waals surface area contributed by atoms with Gasteiger partial charge in [0.15, 0.2) is 5.82 Å². The Morgan fingerprint density at radius 2 is 1.81 bits per heavy atom. The fourth-order valence-electron chi connectivity index (χ4n) is 5.00. The van der Waals surface area contributed by atoms with Crippen LogP contribution in [0.25, 0.3) is 0 Å². The summed E-state index contributed by atoms with van der Waals surface area (Å²) in [4.78, 5) is 32.5. The molecule has 0 atom stereocenters. The third-order valence-electron chi connectivity index (χ3n) is 7.25. The average molecular weight is 491 g/mol. The average Bonchev–Trinajstić information content (AvgIpc) is 3.37. The first-order valence-corrected chi connectivity index (χ1v) is 12.2. The molecule has 5 rings (SSSR count). The van der Waals surface area contributed by atoms with Gasteiger partial charge in [-0.05, 0) is 62.9 Å². The SMILES string of the molecule is CN1CCN(c2ccc(C(=O)Nc3n[nH]c4c3CN(C(=O)Cc3cccc(F)c3)C4(C)C)cc2)CC1. The minimum atomic E-state index is -0.639. The van der Waals surface area contributed by atoms with Gasteiger partial charge in [0.2, 0.25) is 5.91 Å². The van der Waals surface area contributed by atoms with Gasteiger partial charge in [0.05, 0.1) is 24.2 Å². The lowest BCUT2D eigenvalue weighted by atomic mass is 10.00. The summed E-state index contributed by atoms with van der Waals surface area (Å²) in [6, 6.07) is 13.7. The molecule has 0 bridgehead atoms. The van der Waals surface area contributed by atoms with Crippen molar-refractivity contribution in [2.24, 2.45) is 0 Å². The minimum Gasteiger partial charge on any atom is -0.369 e. The quantitative estimate of drug-likeness (QED) is 0.573. The number of likely N-dealkylation sites (N-methyl/N-ethyl adjacent to an activating group) is 1. The summed E-state index contributed by atoms with van der Waals surface area (Å²) in [5.74, 6) is -0.312. The van der Waals surface area contributed by atoms with Crippen LogP contribution in [0.5, 0.6) is 0 Å². The molecular formula is C27H31FN6O2. The number of benzene rings is 2. The van der Waals surface area contributed by atoms with Gasteiger partial charge >= 0.3 is 0 Å². The van der Waals surface area contributed by atoms with Crippen LogP contribution in [0.15, 0.2) is 48.5 Å². The molecule has 1 fully saturated rings. The van der Waals surface area contributed by atoms with Crippen LogP contribution in [0.2, 0.25) is 0 Å². The summed E-state index contributed by atoms with van der Waals surface area (Å²) in [5.41, 5.74) is 3.21. The molecular weight excluding hydrogens is 459 g/mol. The molecule has 3 aromatic rings. The second-order valence-electron chi connectivity index (χ2n) is 10.1. The van der Waals surface area contributed by atoms with Gasteiger partial charge in [-0.1, -0.05) is 12.1 Å². The smallest absolute Gasteiger partial charge is 0.256 e. The van der Waals surface area contributed by atoms with E-state index in [2.05, 4.69) is 32.4 Å². The van der Waals surface area contributed by atoms with Crippen molar-refractivity contribution >= 4 is 23.3 Å². The molecule has 3 heterocycles. The zero-order valence-corrected chi connectivity index (χ0v) is 20.8. The number of aromatic amines is 1. The second kappa shape index (κ2) is 9.39. The predicted molar refractivity (Wildman–Crippen MR) is 136 cm³/mol. The monoisotopic (exact) mass is 490 g/mol. The highest BCUT2D eigenvalue weighted by molar-refractivity contribution is 6.04. The van der Waals surface area contributed by atoms with Crippen LogP contribution in [0, 0.1) is 5.82 Å². The van der Waals surface area contributed by atoms with E-state index >= 15 is 0 Å². The summed E-state index contributed by atoms with van der Waals surface area (Å²) in [5, 5.41) is 10.3. The van der Waals surface area contributed by atoms with Gasteiger partial charge in [-0.15, -0.1) is 0 Å². The number of piperazine rings is 1. The minimum absolute atomic E-state index is 0.0975. The fourth-order valence-corrected chi connectivity index (χ4v) is 5.00. The molecule has 2 amide bonds. The van der Waals surface area contributed by atoms with Crippen molar-refractivity contribution in [3.63, 3.8) is 0 Å². The maximum atomic E-state index is 13.6. The van der Waals surface area contributed by atoms with E-state index in [1.54, 1.807) is 17.0 Å². The number of amides is 2. The number of nitrogens with one attached hydrogen (secondary N) is 2.